The highest BCUT2D eigenvalue weighted by Crippen LogP contribution is 2.53. The van der Waals surface area contributed by atoms with Crippen LogP contribution in [-0.4, -0.2) is 80.3 Å². The first kappa shape index (κ1) is 26.6. The number of aliphatic hydroxyl groups excluding tert-OH is 2. The molecule has 2 aromatic rings. The molecule has 0 amide bonds. The molecule has 1 saturated heterocycles. The zero-order valence-electron chi connectivity index (χ0n) is 21.5. The number of hydrogen-bond donors (Lipinski definition) is 6. The summed E-state index contributed by atoms with van der Waals surface area (Å²) in [5, 5.41) is 55.0. The van der Waals surface area contributed by atoms with Gasteiger partial charge in [-0.1, -0.05) is 12.1 Å². The Morgan fingerprint density at radius 3 is 2.47 bits per heavy atom. The highest BCUT2D eigenvalue weighted by atomic mass is 16.5. The van der Waals surface area contributed by atoms with E-state index in [2.05, 4.69) is 0 Å². The molecule has 0 bridgehead atoms. The normalized spacial score (nSPS) is 31.3. The summed E-state index contributed by atoms with van der Waals surface area (Å²) in [5.74, 6) is -2.78. The Hall–Kier alpha value is -3.02. The summed E-state index contributed by atoms with van der Waals surface area (Å²) in [6.45, 7) is 3.13. The van der Waals surface area contributed by atoms with Gasteiger partial charge in [0.15, 0.2) is 5.78 Å². The Kier molecular flexibility index (Phi) is 6.52. The molecule has 10 heteroatoms. The van der Waals surface area contributed by atoms with Crippen molar-refractivity contribution in [1.29, 1.82) is 0 Å². The van der Waals surface area contributed by atoms with E-state index in [0.29, 0.717) is 6.42 Å². The van der Waals surface area contributed by atoms with Gasteiger partial charge in [0.25, 0.3) is 0 Å². The zero-order valence-corrected chi connectivity index (χ0v) is 21.5. The van der Waals surface area contributed by atoms with E-state index in [9.17, 15) is 35.1 Å². The summed E-state index contributed by atoms with van der Waals surface area (Å²) in [4.78, 5) is 27.2. The first-order valence-corrected chi connectivity index (χ1v) is 12.8. The van der Waals surface area contributed by atoms with Gasteiger partial charge >= 0.3 is 0 Å². The Labute approximate surface area is 219 Å². The quantitative estimate of drug-likeness (QED) is 0.271. The molecule has 1 fully saturated rings. The van der Waals surface area contributed by atoms with Crippen LogP contribution < -0.4 is 10.5 Å². The summed E-state index contributed by atoms with van der Waals surface area (Å²) < 4.78 is 11.3. The van der Waals surface area contributed by atoms with Gasteiger partial charge in [0.1, 0.15) is 17.2 Å². The van der Waals surface area contributed by atoms with Crippen LogP contribution >= 0.6 is 0 Å². The summed E-state index contributed by atoms with van der Waals surface area (Å²) in [6.07, 6.45) is -2.77. The van der Waals surface area contributed by atoms with Gasteiger partial charge in [0.2, 0.25) is 5.78 Å². The fourth-order valence-corrected chi connectivity index (χ4v) is 6.36. The number of phenolic OH excluding ortho intramolecular Hbond substituents is 2. The average Bonchev–Trinajstić information content (AvgIpc) is 2.87. The van der Waals surface area contributed by atoms with Crippen molar-refractivity contribution in [3.63, 3.8) is 0 Å². The topological polar surface area (TPSA) is 180 Å². The van der Waals surface area contributed by atoms with Crippen LogP contribution in [0.15, 0.2) is 18.2 Å². The molecule has 0 radical (unpaired) electrons. The number of fused-ring (bicyclic) bond motifs is 3. The first-order chi connectivity index (χ1) is 17.9. The van der Waals surface area contributed by atoms with Gasteiger partial charge in [-0.05, 0) is 45.1 Å². The standard InChI is InChI=1S/C28H33NO9/c1-11-23(31)17(29)8-14(38-11)7-13-9-28(36,12(2)30)10-16-19(13)26(34)22-21(25(16)33)24(32)15-5-4-6-18(37-3)20(15)27(22)35/h4-6,11-14,17,23,30-31,33-34,36H,7-10,29H2,1-3H3/t11?,12?,13-,14?,17?,23?,28?/m0/s1. The van der Waals surface area contributed by atoms with Gasteiger partial charge in [-0.25, -0.2) is 0 Å². The van der Waals surface area contributed by atoms with E-state index in [1.54, 1.807) is 13.0 Å². The Morgan fingerprint density at radius 1 is 1.16 bits per heavy atom. The highest BCUT2D eigenvalue weighted by Gasteiger charge is 2.48. The van der Waals surface area contributed by atoms with Crippen LogP contribution in [0.2, 0.25) is 0 Å². The van der Waals surface area contributed by atoms with Gasteiger partial charge in [0, 0.05) is 29.2 Å². The number of ketones is 2. The maximum Gasteiger partial charge on any atom is 0.202 e. The van der Waals surface area contributed by atoms with Gasteiger partial charge < -0.3 is 40.7 Å². The lowest BCUT2D eigenvalue weighted by Gasteiger charge is -2.44. The van der Waals surface area contributed by atoms with E-state index in [1.807, 2.05) is 0 Å². The van der Waals surface area contributed by atoms with E-state index in [1.165, 1.54) is 26.2 Å². The number of aromatic hydroxyl groups is 2. The van der Waals surface area contributed by atoms with Crippen LogP contribution in [-0.2, 0) is 11.2 Å². The van der Waals surface area contributed by atoms with Crippen LogP contribution in [0.25, 0.3) is 0 Å². The lowest BCUT2D eigenvalue weighted by Crippen LogP contribution is -2.52. The second-order valence-corrected chi connectivity index (χ2v) is 10.8. The largest absolute Gasteiger partial charge is 0.507 e. The van der Waals surface area contributed by atoms with Gasteiger partial charge in [0.05, 0.1) is 53.8 Å². The minimum absolute atomic E-state index is 0.000561. The third-order valence-corrected chi connectivity index (χ3v) is 8.44. The number of benzene rings is 2. The van der Waals surface area contributed by atoms with Crippen molar-refractivity contribution >= 4 is 11.6 Å². The number of carbonyl (C=O) groups is 2. The maximum absolute atomic E-state index is 13.7. The van der Waals surface area contributed by atoms with E-state index in [0.717, 1.165) is 0 Å². The number of nitrogens with two attached hydrogens (primary N) is 1. The molecule has 0 saturated carbocycles. The third-order valence-electron chi connectivity index (χ3n) is 8.44. The molecule has 1 aliphatic heterocycles. The average molecular weight is 528 g/mol. The molecule has 6 unspecified atom stereocenters. The number of rotatable bonds is 4. The molecule has 38 heavy (non-hydrogen) atoms. The van der Waals surface area contributed by atoms with E-state index < -0.39 is 65.0 Å². The molecular weight excluding hydrogens is 494 g/mol. The van der Waals surface area contributed by atoms with Gasteiger partial charge in [-0.3, -0.25) is 9.59 Å². The zero-order chi connectivity index (χ0) is 27.7. The van der Waals surface area contributed by atoms with E-state index >= 15 is 0 Å². The van der Waals surface area contributed by atoms with Crippen LogP contribution in [0.4, 0.5) is 0 Å². The molecular formula is C28H33NO9. The summed E-state index contributed by atoms with van der Waals surface area (Å²) in [6, 6.07) is 3.99. The van der Waals surface area contributed by atoms with Crippen molar-refractivity contribution < 1.29 is 44.6 Å². The molecule has 204 valence electrons. The Morgan fingerprint density at radius 2 is 1.84 bits per heavy atom. The molecule has 0 spiro atoms. The van der Waals surface area contributed by atoms with Crippen LogP contribution in [0.1, 0.15) is 82.0 Å². The van der Waals surface area contributed by atoms with Crippen molar-refractivity contribution in [3.8, 4) is 17.2 Å². The number of carbonyl (C=O) groups excluding carboxylic acids is 2. The first-order valence-electron chi connectivity index (χ1n) is 12.8. The van der Waals surface area contributed by atoms with Gasteiger partial charge in [-0.2, -0.15) is 0 Å². The van der Waals surface area contributed by atoms with Crippen LogP contribution in [0.3, 0.4) is 0 Å². The molecule has 0 aromatic heterocycles. The SMILES string of the molecule is COc1cccc2c1C(=O)c1c(O)c3c(c(O)c1C2=O)CC(O)(C(C)O)C[C@@H]3CC1CC(N)C(O)C(C)O1. The fraction of sp³-hybridized carbons (Fsp3) is 0.500. The monoisotopic (exact) mass is 527 g/mol. The number of hydrogen-bond acceptors (Lipinski definition) is 10. The molecule has 2 aromatic carbocycles. The lowest BCUT2D eigenvalue weighted by molar-refractivity contribution is -0.126. The minimum atomic E-state index is -1.68. The lowest BCUT2D eigenvalue weighted by atomic mass is 9.67. The molecule has 5 rings (SSSR count). The van der Waals surface area contributed by atoms with Crippen LogP contribution in [0.5, 0.6) is 17.2 Å². The van der Waals surface area contributed by atoms with Crippen LogP contribution in [0, 0.1) is 0 Å². The van der Waals surface area contributed by atoms with E-state index in [4.69, 9.17) is 15.2 Å². The minimum Gasteiger partial charge on any atom is -0.507 e. The summed E-state index contributed by atoms with van der Waals surface area (Å²) in [5.41, 5.74) is 4.13. The van der Waals surface area contributed by atoms with Gasteiger partial charge in [-0.15, -0.1) is 0 Å². The second kappa shape index (κ2) is 9.32. The summed E-state index contributed by atoms with van der Waals surface area (Å²) >= 11 is 0. The Bertz CT molecular complexity index is 1310. The fourth-order valence-electron chi connectivity index (χ4n) is 6.36. The van der Waals surface area contributed by atoms with Crippen molar-refractivity contribution in [2.75, 3.05) is 7.11 Å². The second-order valence-electron chi connectivity index (χ2n) is 10.8. The third kappa shape index (κ3) is 3.90. The van der Waals surface area contributed by atoms with Crippen molar-refractivity contribution in [1.82, 2.24) is 0 Å². The Balaban J connectivity index is 1.68. The van der Waals surface area contributed by atoms with E-state index in [-0.39, 0.29) is 58.4 Å². The van der Waals surface area contributed by atoms with Crippen molar-refractivity contribution in [2.24, 2.45) is 5.73 Å². The molecule has 2 aliphatic carbocycles. The number of phenols is 2. The molecule has 1 heterocycles. The van der Waals surface area contributed by atoms with Crippen molar-refractivity contribution in [3.05, 3.63) is 51.6 Å². The smallest absolute Gasteiger partial charge is 0.202 e. The predicted octanol–water partition coefficient (Wildman–Crippen LogP) is 1.28. The maximum atomic E-state index is 13.7. The molecule has 7 atom stereocenters. The number of methoxy groups -OCH3 is 1. The van der Waals surface area contributed by atoms with Crippen molar-refractivity contribution in [2.45, 2.75) is 81.5 Å². The molecule has 3 aliphatic rings. The summed E-state index contributed by atoms with van der Waals surface area (Å²) in [7, 11) is 1.37. The predicted molar refractivity (Wildman–Crippen MR) is 135 cm³/mol. The molecule has 7 N–H and O–H groups in total. The number of aliphatic hydroxyl groups is 3. The molecule has 10 nitrogen and oxygen atoms in total. The highest BCUT2D eigenvalue weighted by molar-refractivity contribution is 6.31. The number of ether oxygens (including phenoxy) is 2.